The van der Waals surface area contributed by atoms with Crippen molar-refractivity contribution in [1.82, 2.24) is 4.90 Å². The summed E-state index contributed by atoms with van der Waals surface area (Å²) in [5, 5.41) is 0. The van der Waals surface area contributed by atoms with Gasteiger partial charge in [-0.2, -0.15) is 0 Å². The monoisotopic (exact) mass is 329 g/mol. The molecule has 1 aromatic heterocycles. The molecule has 5 nitrogen and oxygen atoms in total. The summed E-state index contributed by atoms with van der Waals surface area (Å²) in [6.45, 7) is 3.21. The molecule has 3 aliphatic rings. The van der Waals surface area contributed by atoms with Crippen molar-refractivity contribution in [2.45, 2.75) is 38.7 Å². The van der Waals surface area contributed by atoms with Crippen LogP contribution in [0.5, 0.6) is 5.75 Å². The second-order valence-electron chi connectivity index (χ2n) is 7.25. The number of fused-ring (bicyclic) bond motifs is 2. The fraction of sp³-hybridized carbons (Fsp3) is 0.579. The molecule has 128 valence electrons. The summed E-state index contributed by atoms with van der Waals surface area (Å²) in [5.74, 6) is 2.71. The lowest BCUT2D eigenvalue weighted by Gasteiger charge is -2.34. The molecule has 2 fully saturated rings. The summed E-state index contributed by atoms with van der Waals surface area (Å²) in [5.41, 5.74) is -0.387. The first kappa shape index (κ1) is 15.5. The summed E-state index contributed by atoms with van der Waals surface area (Å²) in [6.07, 6.45) is 8.35. The molecule has 0 spiro atoms. The van der Waals surface area contributed by atoms with Gasteiger partial charge >= 0.3 is 5.63 Å². The zero-order valence-electron chi connectivity index (χ0n) is 13.9. The minimum Gasteiger partial charge on any atom is -0.490 e. The highest BCUT2D eigenvalue weighted by Crippen LogP contribution is 2.44. The highest BCUT2D eigenvalue weighted by molar-refractivity contribution is 5.80. The number of aryl methyl sites for hydroxylation is 1. The second-order valence-corrected chi connectivity index (χ2v) is 7.25. The van der Waals surface area contributed by atoms with Crippen LogP contribution in [0.25, 0.3) is 0 Å². The van der Waals surface area contributed by atoms with Crippen LogP contribution in [0.1, 0.15) is 31.4 Å². The van der Waals surface area contributed by atoms with Crippen LogP contribution in [0, 0.1) is 24.7 Å². The highest BCUT2D eigenvalue weighted by atomic mass is 16.5. The molecule has 1 aromatic rings. The summed E-state index contributed by atoms with van der Waals surface area (Å²) >= 11 is 0. The van der Waals surface area contributed by atoms with Gasteiger partial charge in [-0.25, -0.2) is 4.79 Å². The van der Waals surface area contributed by atoms with E-state index in [9.17, 15) is 9.59 Å². The van der Waals surface area contributed by atoms with E-state index in [1.54, 1.807) is 13.0 Å². The van der Waals surface area contributed by atoms with Gasteiger partial charge in [-0.3, -0.25) is 4.79 Å². The van der Waals surface area contributed by atoms with Gasteiger partial charge in [0.2, 0.25) is 5.91 Å². The Morgan fingerprint density at radius 1 is 1.21 bits per heavy atom. The van der Waals surface area contributed by atoms with E-state index in [4.69, 9.17) is 9.15 Å². The minimum atomic E-state index is -0.387. The maximum atomic E-state index is 12.7. The van der Waals surface area contributed by atoms with Gasteiger partial charge in [0.15, 0.2) is 0 Å². The Kier molecular flexibility index (Phi) is 3.94. The number of rotatable bonds is 3. The number of hydrogen-bond acceptors (Lipinski definition) is 4. The van der Waals surface area contributed by atoms with Crippen molar-refractivity contribution >= 4 is 5.91 Å². The van der Waals surface area contributed by atoms with E-state index in [0.717, 1.165) is 38.8 Å². The maximum Gasteiger partial charge on any atom is 0.339 e. The summed E-state index contributed by atoms with van der Waals surface area (Å²) in [6, 6.07) is 3.12. The molecule has 2 heterocycles. The van der Waals surface area contributed by atoms with Crippen LogP contribution in [-0.4, -0.2) is 30.0 Å². The molecule has 3 unspecified atom stereocenters. The lowest BCUT2D eigenvalue weighted by Crippen LogP contribution is -2.45. The number of likely N-dealkylation sites (tertiary alicyclic amines) is 1. The Balaban J connectivity index is 1.32. The molecule has 24 heavy (non-hydrogen) atoms. The number of amides is 1. The minimum absolute atomic E-state index is 0.0511. The summed E-state index contributed by atoms with van der Waals surface area (Å²) in [4.78, 5) is 26.1. The number of ether oxygens (including phenoxy) is 1. The first-order valence-corrected chi connectivity index (χ1v) is 8.84. The van der Waals surface area contributed by atoms with Gasteiger partial charge < -0.3 is 14.1 Å². The van der Waals surface area contributed by atoms with E-state index < -0.39 is 0 Å². The van der Waals surface area contributed by atoms with Gasteiger partial charge in [-0.05, 0) is 31.6 Å². The number of hydrogen-bond donors (Lipinski definition) is 0. The van der Waals surface area contributed by atoms with Gasteiger partial charge in [-0.1, -0.05) is 12.2 Å². The Bertz CT molecular complexity index is 714. The normalized spacial score (nSPS) is 29.2. The molecule has 1 amide bonds. The Hall–Kier alpha value is -2.04. The highest BCUT2D eigenvalue weighted by Gasteiger charge is 2.42. The van der Waals surface area contributed by atoms with Crippen LogP contribution in [0.3, 0.4) is 0 Å². The third-order valence-corrected chi connectivity index (χ3v) is 5.52. The van der Waals surface area contributed by atoms with Crippen molar-refractivity contribution in [3.8, 4) is 5.75 Å². The maximum absolute atomic E-state index is 12.7. The third kappa shape index (κ3) is 2.99. The summed E-state index contributed by atoms with van der Waals surface area (Å²) in [7, 11) is 0. The lowest BCUT2D eigenvalue weighted by atomic mass is 9.91. The van der Waals surface area contributed by atoms with E-state index >= 15 is 0 Å². The fourth-order valence-electron chi connectivity index (χ4n) is 4.33. The zero-order chi connectivity index (χ0) is 16.7. The van der Waals surface area contributed by atoms with E-state index in [-0.39, 0.29) is 17.6 Å². The van der Waals surface area contributed by atoms with Gasteiger partial charge in [0.25, 0.3) is 0 Å². The predicted octanol–water partition coefficient (Wildman–Crippen LogP) is 2.53. The molecule has 0 aromatic carbocycles. The number of carbonyl (C=O) groups excluding carboxylic acids is 1. The van der Waals surface area contributed by atoms with Crippen molar-refractivity contribution in [3.63, 3.8) is 0 Å². The number of carbonyl (C=O) groups is 1. The fourth-order valence-corrected chi connectivity index (χ4v) is 4.33. The predicted molar refractivity (Wildman–Crippen MR) is 88.8 cm³/mol. The molecular weight excluding hydrogens is 306 g/mol. The van der Waals surface area contributed by atoms with Gasteiger partial charge in [0, 0.05) is 37.9 Å². The first-order chi connectivity index (χ1) is 11.6. The van der Waals surface area contributed by atoms with Crippen LogP contribution in [-0.2, 0) is 4.79 Å². The molecule has 1 saturated heterocycles. The standard InChI is InChI=1S/C19H23NO4/c1-12-8-16(11-18(21)23-12)24-15-4-6-20(7-5-15)19(22)17-10-13-2-3-14(17)9-13/h2-3,8,11,13-15,17H,4-7,9-10H2,1H3. The summed E-state index contributed by atoms with van der Waals surface area (Å²) < 4.78 is 10.9. The van der Waals surface area contributed by atoms with Crippen LogP contribution in [0.15, 0.2) is 33.5 Å². The van der Waals surface area contributed by atoms with Gasteiger partial charge in [0.05, 0.1) is 6.07 Å². The third-order valence-electron chi connectivity index (χ3n) is 5.52. The molecule has 2 bridgehead atoms. The zero-order valence-corrected chi connectivity index (χ0v) is 13.9. The molecule has 4 rings (SSSR count). The van der Waals surface area contributed by atoms with E-state index in [1.807, 2.05) is 4.90 Å². The number of allylic oxidation sites excluding steroid dienone is 2. The lowest BCUT2D eigenvalue weighted by molar-refractivity contribution is -0.138. The van der Waals surface area contributed by atoms with Crippen LogP contribution >= 0.6 is 0 Å². The topological polar surface area (TPSA) is 59.8 Å². The van der Waals surface area contributed by atoms with E-state index in [0.29, 0.717) is 29.3 Å². The van der Waals surface area contributed by atoms with Crippen LogP contribution in [0.4, 0.5) is 0 Å². The number of piperidine rings is 1. The molecule has 2 aliphatic carbocycles. The molecule has 3 atom stereocenters. The number of nitrogens with zero attached hydrogens (tertiary/aromatic N) is 1. The van der Waals surface area contributed by atoms with Crippen LogP contribution < -0.4 is 10.4 Å². The average molecular weight is 329 g/mol. The van der Waals surface area contributed by atoms with Crippen molar-refractivity contribution < 1.29 is 13.9 Å². The first-order valence-electron chi connectivity index (χ1n) is 8.84. The molecular formula is C19H23NO4. The Labute approximate surface area is 141 Å². The average Bonchev–Trinajstić information content (AvgIpc) is 3.17. The van der Waals surface area contributed by atoms with Crippen LogP contribution in [0.2, 0.25) is 0 Å². The van der Waals surface area contributed by atoms with Gasteiger partial charge in [0.1, 0.15) is 17.6 Å². The van der Waals surface area contributed by atoms with Crippen molar-refractivity contribution in [3.05, 3.63) is 40.5 Å². The smallest absolute Gasteiger partial charge is 0.339 e. The van der Waals surface area contributed by atoms with E-state index in [2.05, 4.69) is 12.2 Å². The molecule has 0 radical (unpaired) electrons. The van der Waals surface area contributed by atoms with Crippen molar-refractivity contribution in [2.75, 3.05) is 13.1 Å². The molecule has 1 aliphatic heterocycles. The van der Waals surface area contributed by atoms with Gasteiger partial charge in [-0.15, -0.1) is 0 Å². The largest absolute Gasteiger partial charge is 0.490 e. The SMILES string of the molecule is Cc1cc(OC2CCN(C(=O)C3CC4C=CC3C4)CC2)cc(=O)o1. The quantitative estimate of drug-likeness (QED) is 0.800. The molecule has 5 heteroatoms. The van der Waals surface area contributed by atoms with Crippen molar-refractivity contribution in [1.29, 1.82) is 0 Å². The second kappa shape index (κ2) is 6.11. The van der Waals surface area contributed by atoms with Crippen molar-refractivity contribution in [2.24, 2.45) is 17.8 Å². The Morgan fingerprint density at radius 3 is 2.62 bits per heavy atom. The molecule has 0 N–H and O–H groups in total. The Morgan fingerprint density at radius 2 is 2.00 bits per heavy atom. The van der Waals surface area contributed by atoms with E-state index in [1.165, 1.54) is 6.07 Å². The molecule has 1 saturated carbocycles.